The summed E-state index contributed by atoms with van der Waals surface area (Å²) in [6.45, 7) is -0.328. The lowest BCUT2D eigenvalue weighted by Crippen LogP contribution is -2.12. The number of carbonyl (C=O) groups is 2. The van der Waals surface area contributed by atoms with E-state index in [0.717, 1.165) is 36.1 Å². The van der Waals surface area contributed by atoms with Gasteiger partial charge in [0.2, 0.25) is 0 Å². The van der Waals surface area contributed by atoms with Crippen molar-refractivity contribution in [3.05, 3.63) is 22.5 Å². The fourth-order valence-electron chi connectivity index (χ4n) is 2.18. The Morgan fingerprint density at radius 2 is 2.19 bits per heavy atom. The average molecular weight is 307 g/mol. The molecule has 0 atom stereocenters. The highest BCUT2D eigenvalue weighted by atomic mass is 32.1. The molecule has 2 aromatic heterocycles. The molecule has 0 fully saturated rings. The van der Waals surface area contributed by atoms with Crippen molar-refractivity contribution in [2.75, 3.05) is 5.32 Å². The Morgan fingerprint density at radius 3 is 2.95 bits per heavy atom. The van der Waals surface area contributed by atoms with Crippen LogP contribution in [0.25, 0.3) is 0 Å². The van der Waals surface area contributed by atoms with Crippen molar-refractivity contribution in [3.63, 3.8) is 0 Å². The Kier molecular flexibility index (Phi) is 3.65. The molecule has 0 bridgehead atoms. The molecular weight excluding hydrogens is 294 g/mol. The van der Waals surface area contributed by atoms with Crippen molar-refractivity contribution in [1.29, 1.82) is 0 Å². The van der Waals surface area contributed by atoms with Crippen LogP contribution in [-0.2, 0) is 24.2 Å². The zero-order chi connectivity index (χ0) is 14.8. The average Bonchev–Trinajstić information content (AvgIpc) is 3.03. The van der Waals surface area contributed by atoms with Crippen LogP contribution in [0.1, 0.15) is 33.9 Å². The highest BCUT2D eigenvalue weighted by Crippen LogP contribution is 2.29. The summed E-state index contributed by atoms with van der Waals surface area (Å²) in [5.41, 5.74) is 1.14. The molecule has 2 N–H and O–H groups in total. The van der Waals surface area contributed by atoms with Gasteiger partial charge in [-0.05, 0) is 25.7 Å². The fourth-order valence-corrected chi connectivity index (χ4v) is 3.23. The number of nitrogens with zero attached hydrogens (tertiary/aromatic N) is 4. The van der Waals surface area contributed by atoms with Gasteiger partial charge in [0.15, 0.2) is 10.8 Å². The molecule has 3 rings (SSSR count). The normalized spacial score (nSPS) is 13.7. The highest BCUT2D eigenvalue weighted by Gasteiger charge is 2.18. The Labute approximate surface area is 123 Å². The van der Waals surface area contributed by atoms with E-state index in [1.54, 1.807) is 0 Å². The number of rotatable bonds is 4. The van der Waals surface area contributed by atoms with Gasteiger partial charge in [-0.15, -0.1) is 16.4 Å². The van der Waals surface area contributed by atoms with Crippen molar-refractivity contribution < 1.29 is 14.7 Å². The van der Waals surface area contributed by atoms with Gasteiger partial charge in [-0.3, -0.25) is 14.9 Å². The summed E-state index contributed by atoms with van der Waals surface area (Å²) in [5.74, 6) is -1.47. The second-order valence-corrected chi connectivity index (χ2v) is 5.83. The first-order chi connectivity index (χ1) is 10.1. The quantitative estimate of drug-likeness (QED) is 0.870. The molecule has 8 nitrogen and oxygen atoms in total. The minimum Gasteiger partial charge on any atom is -0.480 e. The first-order valence-electron chi connectivity index (χ1n) is 6.53. The van der Waals surface area contributed by atoms with Gasteiger partial charge in [-0.25, -0.2) is 9.67 Å². The van der Waals surface area contributed by atoms with E-state index in [9.17, 15) is 9.59 Å². The lowest BCUT2D eigenvalue weighted by molar-refractivity contribution is -0.137. The number of aromatic nitrogens is 4. The molecule has 1 aliphatic rings. The largest absolute Gasteiger partial charge is 0.480 e. The second-order valence-electron chi connectivity index (χ2n) is 4.75. The smallest absolute Gasteiger partial charge is 0.325 e. The molecule has 1 aliphatic carbocycles. The molecule has 110 valence electrons. The van der Waals surface area contributed by atoms with Gasteiger partial charge in [0, 0.05) is 4.88 Å². The number of anilines is 1. The summed E-state index contributed by atoms with van der Waals surface area (Å²) in [6, 6.07) is 0. The number of carboxylic acid groups (broad SMARTS) is 1. The van der Waals surface area contributed by atoms with Crippen LogP contribution in [0.5, 0.6) is 0 Å². The Bertz CT molecular complexity index is 669. The maximum absolute atomic E-state index is 12.0. The molecular formula is C12H13N5O3S. The van der Waals surface area contributed by atoms with E-state index in [4.69, 9.17) is 5.11 Å². The van der Waals surface area contributed by atoms with Crippen LogP contribution in [0.4, 0.5) is 5.13 Å². The molecule has 0 unspecified atom stereocenters. The minimum absolute atomic E-state index is 0.0735. The van der Waals surface area contributed by atoms with Crippen molar-refractivity contribution in [3.8, 4) is 0 Å². The van der Waals surface area contributed by atoms with Crippen molar-refractivity contribution in [2.45, 2.75) is 32.2 Å². The summed E-state index contributed by atoms with van der Waals surface area (Å²) in [6.07, 6.45) is 5.56. The van der Waals surface area contributed by atoms with Crippen molar-refractivity contribution >= 4 is 28.3 Å². The maximum Gasteiger partial charge on any atom is 0.325 e. The topological polar surface area (TPSA) is 110 Å². The van der Waals surface area contributed by atoms with Crippen LogP contribution in [0.3, 0.4) is 0 Å². The predicted molar refractivity (Wildman–Crippen MR) is 74.4 cm³/mol. The van der Waals surface area contributed by atoms with Gasteiger partial charge in [0.1, 0.15) is 6.54 Å². The van der Waals surface area contributed by atoms with E-state index < -0.39 is 11.9 Å². The Hall–Kier alpha value is -2.29. The lowest BCUT2D eigenvalue weighted by atomic mass is 10.0. The second kappa shape index (κ2) is 5.60. The Morgan fingerprint density at radius 1 is 1.38 bits per heavy atom. The Balaban J connectivity index is 1.69. The van der Waals surface area contributed by atoms with E-state index in [2.05, 4.69) is 20.6 Å². The SMILES string of the molecule is O=C(O)Cn1cc(C(=O)Nc2nc3c(s2)CCCC3)nn1. The molecule has 1 amide bonds. The molecule has 0 saturated carbocycles. The van der Waals surface area contributed by atoms with Gasteiger partial charge in [0.25, 0.3) is 5.91 Å². The van der Waals surface area contributed by atoms with Crippen LogP contribution in [0, 0.1) is 0 Å². The van der Waals surface area contributed by atoms with Gasteiger partial charge < -0.3 is 5.11 Å². The van der Waals surface area contributed by atoms with E-state index >= 15 is 0 Å². The first-order valence-corrected chi connectivity index (χ1v) is 7.35. The molecule has 21 heavy (non-hydrogen) atoms. The molecule has 0 saturated heterocycles. The number of amides is 1. The van der Waals surface area contributed by atoms with Crippen molar-refractivity contribution in [2.24, 2.45) is 0 Å². The summed E-state index contributed by atoms with van der Waals surface area (Å²) in [5, 5.41) is 19.1. The number of aryl methyl sites for hydroxylation is 2. The van der Waals surface area contributed by atoms with Crippen LogP contribution in [0.15, 0.2) is 6.20 Å². The lowest BCUT2D eigenvalue weighted by Gasteiger charge is -2.06. The molecule has 0 spiro atoms. The highest BCUT2D eigenvalue weighted by molar-refractivity contribution is 7.15. The van der Waals surface area contributed by atoms with Crippen LogP contribution >= 0.6 is 11.3 Å². The summed E-state index contributed by atoms with van der Waals surface area (Å²) >= 11 is 1.48. The maximum atomic E-state index is 12.0. The number of hydrogen-bond acceptors (Lipinski definition) is 6. The van der Waals surface area contributed by atoms with E-state index in [0.29, 0.717) is 5.13 Å². The van der Waals surface area contributed by atoms with Gasteiger partial charge in [0.05, 0.1) is 11.9 Å². The third-order valence-electron chi connectivity index (χ3n) is 3.13. The number of aliphatic carboxylic acids is 1. The zero-order valence-corrected chi connectivity index (χ0v) is 11.9. The fraction of sp³-hybridized carbons (Fsp3) is 0.417. The number of thiazole rings is 1. The van der Waals surface area contributed by atoms with Crippen molar-refractivity contribution in [1.82, 2.24) is 20.0 Å². The number of carboxylic acids is 1. The molecule has 0 radical (unpaired) electrons. The van der Waals surface area contributed by atoms with Gasteiger partial charge in [-0.2, -0.15) is 0 Å². The summed E-state index contributed by atoms with van der Waals surface area (Å²) < 4.78 is 1.10. The van der Waals surface area contributed by atoms with Gasteiger partial charge >= 0.3 is 5.97 Å². The molecule has 2 heterocycles. The standard InChI is InChI=1S/C12H13N5O3S/c18-10(19)6-17-5-8(15-16-17)11(20)14-12-13-7-3-1-2-4-9(7)21-12/h5H,1-4,6H2,(H,18,19)(H,13,14,20). The summed E-state index contributed by atoms with van der Waals surface area (Å²) in [4.78, 5) is 28.2. The third kappa shape index (κ3) is 3.07. The minimum atomic E-state index is -1.04. The predicted octanol–water partition coefficient (Wildman–Crippen LogP) is 0.950. The van der Waals surface area contributed by atoms with Crippen LogP contribution < -0.4 is 5.32 Å². The first kappa shape index (κ1) is 13.7. The molecule has 9 heteroatoms. The van der Waals surface area contributed by atoms with Crippen LogP contribution in [-0.4, -0.2) is 37.0 Å². The van der Waals surface area contributed by atoms with E-state index in [1.165, 1.54) is 22.4 Å². The number of fused-ring (bicyclic) bond motifs is 1. The van der Waals surface area contributed by atoms with Gasteiger partial charge in [-0.1, -0.05) is 5.21 Å². The van der Waals surface area contributed by atoms with E-state index in [1.807, 2.05) is 0 Å². The monoisotopic (exact) mass is 307 g/mol. The van der Waals surface area contributed by atoms with E-state index in [-0.39, 0.29) is 12.2 Å². The summed E-state index contributed by atoms with van der Waals surface area (Å²) in [7, 11) is 0. The number of hydrogen-bond donors (Lipinski definition) is 2. The number of nitrogens with one attached hydrogen (secondary N) is 1. The van der Waals surface area contributed by atoms with Crippen LogP contribution in [0.2, 0.25) is 0 Å². The molecule has 0 aromatic carbocycles. The third-order valence-corrected chi connectivity index (χ3v) is 4.21. The molecule has 0 aliphatic heterocycles. The zero-order valence-electron chi connectivity index (χ0n) is 11.1. The number of carbonyl (C=O) groups excluding carboxylic acids is 1. The molecule has 2 aromatic rings.